The molecule has 176 valence electrons. The molecule has 0 amide bonds. The van der Waals surface area contributed by atoms with E-state index in [1.54, 1.807) is 6.92 Å². The van der Waals surface area contributed by atoms with Gasteiger partial charge >= 0.3 is 0 Å². The number of halogens is 2. The molecule has 0 N–H and O–H groups in total. The molecule has 0 aliphatic heterocycles. The van der Waals surface area contributed by atoms with Gasteiger partial charge in [0, 0.05) is 0 Å². The third-order valence-corrected chi connectivity index (χ3v) is 6.91. The SMILES string of the molecule is C=C(OCC)/C(F)=C(/F)C(=C)C(C)CCC(C)C(C)CCC(C)C(C)CCC(C)C. The van der Waals surface area contributed by atoms with Crippen molar-refractivity contribution in [2.24, 2.45) is 35.5 Å². The van der Waals surface area contributed by atoms with Crippen LogP contribution in [-0.4, -0.2) is 6.61 Å². The van der Waals surface area contributed by atoms with Crippen molar-refractivity contribution < 1.29 is 13.5 Å². The molecule has 0 aliphatic rings. The summed E-state index contributed by atoms with van der Waals surface area (Å²) in [4.78, 5) is 0. The maximum atomic E-state index is 14.4. The van der Waals surface area contributed by atoms with E-state index in [9.17, 15) is 8.78 Å². The Balaban J connectivity index is 4.50. The van der Waals surface area contributed by atoms with Crippen molar-refractivity contribution in [3.05, 3.63) is 36.1 Å². The molecule has 30 heavy (non-hydrogen) atoms. The summed E-state index contributed by atoms with van der Waals surface area (Å²) >= 11 is 0. The maximum absolute atomic E-state index is 14.4. The minimum Gasteiger partial charge on any atom is -0.491 e. The predicted octanol–water partition coefficient (Wildman–Crippen LogP) is 9.42. The largest absolute Gasteiger partial charge is 0.491 e. The molecule has 0 aromatic carbocycles. The molecule has 0 aromatic heterocycles. The van der Waals surface area contributed by atoms with Crippen LogP contribution in [0.15, 0.2) is 36.1 Å². The van der Waals surface area contributed by atoms with E-state index in [-0.39, 0.29) is 23.9 Å². The van der Waals surface area contributed by atoms with E-state index in [1.165, 1.54) is 25.7 Å². The van der Waals surface area contributed by atoms with Crippen LogP contribution in [0.5, 0.6) is 0 Å². The second-order valence-electron chi connectivity index (χ2n) is 9.95. The van der Waals surface area contributed by atoms with Gasteiger partial charge in [0.1, 0.15) is 0 Å². The van der Waals surface area contributed by atoms with Gasteiger partial charge in [-0.05, 0) is 60.8 Å². The highest BCUT2D eigenvalue weighted by atomic mass is 19.2. The highest BCUT2D eigenvalue weighted by Gasteiger charge is 2.21. The lowest BCUT2D eigenvalue weighted by atomic mass is 9.80. The first kappa shape index (κ1) is 28.9. The van der Waals surface area contributed by atoms with Crippen molar-refractivity contribution in [2.45, 2.75) is 93.9 Å². The maximum Gasteiger partial charge on any atom is 0.200 e. The average molecular weight is 427 g/mol. The summed E-state index contributed by atoms with van der Waals surface area (Å²) in [5.41, 5.74) is 0.195. The molecule has 0 spiro atoms. The zero-order chi connectivity index (χ0) is 23.4. The zero-order valence-corrected chi connectivity index (χ0v) is 21.0. The van der Waals surface area contributed by atoms with E-state index in [0.717, 1.165) is 30.6 Å². The summed E-state index contributed by atoms with van der Waals surface area (Å²) in [7, 11) is 0. The molecule has 0 fully saturated rings. The van der Waals surface area contributed by atoms with Crippen LogP contribution in [0.4, 0.5) is 8.78 Å². The van der Waals surface area contributed by atoms with Crippen LogP contribution in [0.25, 0.3) is 0 Å². The lowest BCUT2D eigenvalue weighted by molar-refractivity contribution is 0.223. The molecule has 0 radical (unpaired) electrons. The molecule has 0 saturated carbocycles. The minimum absolute atomic E-state index is 0.116. The quantitative estimate of drug-likeness (QED) is 0.176. The van der Waals surface area contributed by atoms with Gasteiger partial charge < -0.3 is 4.74 Å². The smallest absolute Gasteiger partial charge is 0.200 e. The Hall–Kier alpha value is -1.12. The number of allylic oxidation sites excluding steroid dienone is 3. The molecule has 0 aromatic rings. The monoisotopic (exact) mass is 426 g/mol. The van der Waals surface area contributed by atoms with Crippen LogP contribution in [-0.2, 0) is 4.74 Å². The van der Waals surface area contributed by atoms with Gasteiger partial charge in [-0.1, -0.05) is 87.3 Å². The first-order valence-electron chi connectivity index (χ1n) is 12.0. The Morgan fingerprint density at radius 3 is 1.47 bits per heavy atom. The topological polar surface area (TPSA) is 9.23 Å². The summed E-state index contributed by atoms with van der Waals surface area (Å²) in [5, 5.41) is 0. The second kappa shape index (κ2) is 14.8. The number of hydrogen-bond donors (Lipinski definition) is 0. The second-order valence-corrected chi connectivity index (χ2v) is 9.95. The predicted molar refractivity (Wildman–Crippen MR) is 128 cm³/mol. The van der Waals surface area contributed by atoms with E-state index in [1.807, 2.05) is 6.92 Å². The summed E-state index contributed by atoms with van der Waals surface area (Å²) in [6, 6.07) is 0. The molecule has 0 bridgehead atoms. The molecule has 0 aliphatic carbocycles. The molecule has 1 nitrogen and oxygen atoms in total. The Morgan fingerprint density at radius 1 is 0.667 bits per heavy atom. The lowest BCUT2D eigenvalue weighted by Gasteiger charge is -2.26. The van der Waals surface area contributed by atoms with Gasteiger partial charge in [-0.3, -0.25) is 0 Å². The standard InChI is InChI=1S/C27H48F2O/c1-11-30-25(10)27(29)26(28)24(9)23(8)17-16-22(7)21(6)15-14-20(5)19(4)13-12-18(2)3/h18-23H,9-17H2,1-8H3/b27-26-. The average Bonchev–Trinajstić information content (AvgIpc) is 2.71. The summed E-state index contributed by atoms with van der Waals surface area (Å²) in [6.45, 7) is 25.0. The van der Waals surface area contributed by atoms with Crippen LogP contribution in [0, 0.1) is 35.5 Å². The fourth-order valence-electron chi connectivity index (χ4n) is 3.66. The van der Waals surface area contributed by atoms with Crippen molar-refractivity contribution >= 4 is 0 Å². The van der Waals surface area contributed by atoms with Gasteiger partial charge in [0.05, 0.1) is 6.61 Å². The van der Waals surface area contributed by atoms with Crippen molar-refractivity contribution in [3.63, 3.8) is 0 Å². The molecule has 5 atom stereocenters. The third-order valence-electron chi connectivity index (χ3n) is 6.91. The molecular formula is C27H48F2O. The minimum atomic E-state index is -1.03. The molecular weight excluding hydrogens is 378 g/mol. The molecule has 3 heteroatoms. The van der Waals surface area contributed by atoms with Crippen LogP contribution >= 0.6 is 0 Å². The van der Waals surface area contributed by atoms with Crippen LogP contribution in [0.2, 0.25) is 0 Å². The van der Waals surface area contributed by atoms with E-state index in [2.05, 4.69) is 54.7 Å². The zero-order valence-electron chi connectivity index (χ0n) is 21.0. The van der Waals surface area contributed by atoms with Gasteiger partial charge in [-0.2, -0.15) is 4.39 Å². The Morgan fingerprint density at radius 2 is 1.07 bits per heavy atom. The molecule has 0 saturated heterocycles. The van der Waals surface area contributed by atoms with Crippen molar-refractivity contribution in [3.8, 4) is 0 Å². The van der Waals surface area contributed by atoms with Crippen LogP contribution in [0.3, 0.4) is 0 Å². The molecule has 0 heterocycles. The van der Waals surface area contributed by atoms with Gasteiger partial charge in [-0.25, -0.2) is 4.39 Å². The van der Waals surface area contributed by atoms with Gasteiger partial charge in [0.2, 0.25) is 0 Å². The fraction of sp³-hybridized carbons (Fsp3) is 0.778. The fourth-order valence-corrected chi connectivity index (χ4v) is 3.66. The number of hydrogen-bond acceptors (Lipinski definition) is 1. The van der Waals surface area contributed by atoms with Crippen LogP contribution < -0.4 is 0 Å². The first-order chi connectivity index (χ1) is 13.9. The van der Waals surface area contributed by atoms with Crippen molar-refractivity contribution in [1.29, 1.82) is 0 Å². The van der Waals surface area contributed by atoms with E-state index >= 15 is 0 Å². The Bertz CT molecular complexity index is 549. The Kier molecular flexibility index (Phi) is 14.3. The van der Waals surface area contributed by atoms with Gasteiger partial charge in [0.15, 0.2) is 17.4 Å². The normalized spacial score (nSPS) is 17.7. The first-order valence-corrected chi connectivity index (χ1v) is 12.0. The van der Waals surface area contributed by atoms with Crippen molar-refractivity contribution in [1.82, 2.24) is 0 Å². The number of ether oxygens (including phenoxy) is 1. The lowest BCUT2D eigenvalue weighted by Crippen LogP contribution is -2.14. The highest BCUT2D eigenvalue weighted by Crippen LogP contribution is 2.33. The third kappa shape index (κ3) is 10.8. The van der Waals surface area contributed by atoms with Gasteiger partial charge in [0.25, 0.3) is 0 Å². The van der Waals surface area contributed by atoms with Crippen LogP contribution in [0.1, 0.15) is 93.9 Å². The number of rotatable bonds is 16. The molecule has 0 rings (SSSR count). The summed E-state index contributed by atoms with van der Waals surface area (Å²) in [6.07, 6.45) is 6.89. The highest BCUT2D eigenvalue weighted by molar-refractivity contribution is 5.33. The van der Waals surface area contributed by atoms with E-state index in [0.29, 0.717) is 11.8 Å². The van der Waals surface area contributed by atoms with Crippen molar-refractivity contribution in [2.75, 3.05) is 6.61 Å². The van der Waals surface area contributed by atoms with Gasteiger partial charge in [-0.15, -0.1) is 0 Å². The van der Waals surface area contributed by atoms with E-state index in [4.69, 9.17) is 4.74 Å². The van der Waals surface area contributed by atoms with E-state index < -0.39 is 11.7 Å². The summed E-state index contributed by atoms with van der Waals surface area (Å²) in [5.74, 6) is 1.14. The summed E-state index contributed by atoms with van der Waals surface area (Å²) < 4.78 is 33.4. The molecule has 5 unspecified atom stereocenters. The Labute approximate surface area is 186 Å².